The normalized spacial score (nSPS) is 25.5. The Kier molecular flexibility index (Phi) is 8.33. The maximum atomic E-state index is 13.6. The summed E-state index contributed by atoms with van der Waals surface area (Å²) < 4.78 is 25.4. The van der Waals surface area contributed by atoms with E-state index in [0.29, 0.717) is 18.5 Å². The molecule has 0 unspecified atom stereocenters. The highest BCUT2D eigenvalue weighted by Gasteiger charge is 2.40. The number of aliphatic hydroxyl groups excluding tert-OH is 1. The zero-order valence-corrected chi connectivity index (χ0v) is 19.7. The Morgan fingerprint density at radius 1 is 1.14 bits per heavy atom. The van der Waals surface area contributed by atoms with E-state index in [4.69, 9.17) is 9.47 Å². The maximum absolute atomic E-state index is 13.6. The highest BCUT2D eigenvalue weighted by Crippen LogP contribution is 2.28. The second-order valence-electron chi connectivity index (χ2n) is 9.13. The first-order valence-electron chi connectivity index (χ1n) is 12.0. The van der Waals surface area contributed by atoms with Crippen LogP contribution < -0.4 is 10.6 Å². The van der Waals surface area contributed by atoms with Gasteiger partial charge < -0.3 is 30.1 Å². The number of hydrogen-bond donors (Lipinski definition) is 3. The molecule has 0 saturated carbocycles. The second kappa shape index (κ2) is 11.6. The Bertz CT molecular complexity index is 1010. The van der Waals surface area contributed by atoms with Gasteiger partial charge in [0.05, 0.1) is 50.5 Å². The smallest absolute Gasteiger partial charge is 0.322 e. The molecule has 3 N–H and O–H groups in total. The minimum Gasteiger partial charge on any atom is -0.389 e. The Balaban J connectivity index is 1.38. The molecule has 3 amide bonds. The first-order valence-corrected chi connectivity index (χ1v) is 12.0. The van der Waals surface area contributed by atoms with Crippen molar-refractivity contribution < 1.29 is 28.6 Å². The molecule has 4 rings (SSSR count). The number of rotatable bonds is 5. The van der Waals surface area contributed by atoms with Gasteiger partial charge in [-0.05, 0) is 43.5 Å². The standard InChI is InChI=1S/C26H32FN3O5/c1-17(18-6-3-2-4-7-18)28-25(32)13-22-10-11-23-24(35-22)16-34-15-21(31)14-30(23)26(33)29-20-9-5-8-19(27)12-20/h2-9,12,17,21-24,31H,10-11,13-16H2,1H3,(H,28,32)(H,29,33)/t17-,21+,22+,23-,24+/m1/s1. The molecule has 0 spiro atoms. The summed E-state index contributed by atoms with van der Waals surface area (Å²) in [6.07, 6.45) is -0.229. The number of urea groups is 1. The monoisotopic (exact) mass is 485 g/mol. The predicted molar refractivity (Wildman–Crippen MR) is 128 cm³/mol. The van der Waals surface area contributed by atoms with Crippen LogP contribution in [0.25, 0.3) is 0 Å². The van der Waals surface area contributed by atoms with Crippen molar-refractivity contribution in [2.75, 3.05) is 25.1 Å². The molecule has 2 fully saturated rings. The third kappa shape index (κ3) is 6.78. The van der Waals surface area contributed by atoms with Crippen LogP contribution in [-0.4, -0.2) is 66.1 Å². The van der Waals surface area contributed by atoms with Crippen molar-refractivity contribution >= 4 is 17.6 Å². The zero-order valence-electron chi connectivity index (χ0n) is 19.7. The largest absolute Gasteiger partial charge is 0.389 e. The van der Waals surface area contributed by atoms with Crippen molar-refractivity contribution in [3.8, 4) is 0 Å². The van der Waals surface area contributed by atoms with Gasteiger partial charge in [-0.25, -0.2) is 9.18 Å². The number of β-amino-alcohol motifs (C(OH)–C–C–N with tert-alkyl or cyclic N) is 1. The van der Waals surface area contributed by atoms with Crippen LogP contribution in [0, 0.1) is 5.82 Å². The number of anilines is 1. The van der Waals surface area contributed by atoms with E-state index in [1.54, 1.807) is 6.07 Å². The van der Waals surface area contributed by atoms with Crippen molar-refractivity contribution in [2.24, 2.45) is 0 Å². The molecule has 2 aliphatic heterocycles. The molecule has 8 nitrogen and oxygen atoms in total. The lowest BCUT2D eigenvalue weighted by molar-refractivity contribution is -0.150. The van der Waals surface area contributed by atoms with Crippen LogP contribution in [-0.2, 0) is 14.3 Å². The lowest BCUT2D eigenvalue weighted by atomic mass is 9.94. The molecule has 2 aromatic carbocycles. The van der Waals surface area contributed by atoms with E-state index < -0.39 is 24.1 Å². The molecule has 0 aromatic heterocycles. The van der Waals surface area contributed by atoms with E-state index in [-0.39, 0.29) is 50.3 Å². The molecule has 0 bridgehead atoms. The first-order chi connectivity index (χ1) is 16.9. The summed E-state index contributed by atoms with van der Waals surface area (Å²) >= 11 is 0. The van der Waals surface area contributed by atoms with Gasteiger partial charge in [-0.1, -0.05) is 36.4 Å². The number of halogens is 1. The first kappa shape index (κ1) is 25.1. The third-order valence-corrected chi connectivity index (χ3v) is 6.41. The van der Waals surface area contributed by atoms with Crippen LogP contribution in [0.15, 0.2) is 54.6 Å². The lowest BCUT2D eigenvalue weighted by Crippen LogP contribution is -2.58. The van der Waals surface area contributed by atoms with E-state index in [9.17, 15) is 19.1 Å². The number of fused-ring (bicyclic) bond motifs is 1. The molecule has 5 atom stereocenters. The van der Waals surface area contributed by atoms with Gasteiger partial charge in [0.1, 0.15) is 11.9 Å². The van der Waals surface area contributed by atoms with Crippen molar-refractivity contribution in [3.63, 3.8) is 0 Å². The number of benzene rings is 2. The van der Waals surface area contributed by atoms with Crippen molar-refractivity contribution in [1.82, 2.24) is 10.2 Å². The highest BCUT2D eigenvalue weighted by molar-refractivity contribution is 5.89. The SMILES string of the molecule is C[C@@H](NC(=O)C[C@@H]1CC[C@@H]2[C@H](COC[C@@H](O)CN2C(=O)Nc2cccc(F)c2)O1)c1ccccc1. The molecule has 2 aromatic rings. The predicted octanol–water partition coefficient (Wildman–Crippen LogP) is 3.23. The number of amides is 3. The molecule has 0 aliphatic carbocycles. The number of hydrogen-bond acceptors (Lipinski definition) is 5. The van der Waals surface area contributed by atoms with Gasteiger partial charge in [0.15, 0.2) is 0 Å². The van der Waals surface area contributed by atoms with Crippen LogP contribution in [0.4, 0.5) is 14.9 Å². The van der Waals surface area contributed by atoms with Crippen LogP contribution in [0.5, 0.6) is 0 Å². The summed E-state index contributed by atoms with van der Waals surface area (Å²) in [7, 11) is 0. The average Bonchev–Trinajstić information content (AvgIpc) is 2.82. The van der Waals surface area contributed by atoms with Crippen LogP contribution in [0.1, 0.15) is 37.8 Å². The molecule has 2 aliphatic rings. The molecule has 188 valence electrons. The van der Waals surface area contributed by atoms with Crippen LogP contribution in [0.2, 0.25) is 0 Å². The van der Waals surface area contributed by atoms with E-state index in [0.717, 1.165) is 5.56 Å². The van der Waals surface area contributed by atoms with Gasteiger partial charge >= 0.3 is 6.03 Å². The van der Waals surface area contributed by atoms with Gasteiger partial charge in [0.25, 0.3) is 0 Å². The minimum atomic E-state index is -0.850. The fourth-order valence-corrected chi connectivity index (χ4v) is 4.67. The van der Waals surface area contributed by atoms with Gasteiger partial charge in [0.2, 0.25) is 5.91 Å². The molecule has 35 heavy (non-hydrogen) atoms. The summed E-state index contributed by atoms with van der Waals surface area (Å²) in [6.45, 7) is 2.26. The van der Waals surface area contributed by atoms with Crippen molar-refractivity contribution in [3.05, 3.63) is 66.0 Å². The molecule has 9 heteroatoms. The Morgan fingerprint density at radius 3 is 2.71 bits per heavy atom. The third-order valence-electron chi connectivity index (χ3n) is 6.41. The molecule has 2 heterocycles. The molecule has 2 saturated heterocycles. The number of nitrogens with one attached hydrogen (secondary N) is 2. The summed E-state index contributed by atoms with van der Waals surface area (Å²) in [6, 6.07) is 14.5. The Morgan fingerprint density at radius 2 is 1.94 bits per heavy atom. The fourth-order valence-electron chi connectivity index (χ4n) is 4.67. The van der Waals surface area contributed by atoms with E-state index in [1.165, 1.54) is 23.1 Å². The van der Waals surface area contributed by atoms with E-state index >= 15 is 0 Å². The number of carbonyl (C=O) groups is 2. The Labute approximate surface area is 204 Å². The lowest BCUT2D eigenvalue weighted by Gasteiger charge is -2.44. The number of ether oxygens (including phenoxy) is 2. The van der Waals surface area contributed by atoms with Crippen LogP contribution in [0.3, 0.4) is 0 Å². The second-order valence-corrected chi connectivity index (χ2v) is 9.13. The quantitative estimate of drug-likeness (QED) is 0.604. The van der Waals surface area contributed by atoms with E-state index in [1.807, 2.05) is 37.3 Å². The molecule has 0 radical (unpaired) electrons. The summed E-state index contributed by atoms with van der Waals surface area (Å²) in [5, 5.41) is 16.0. The highest BCUT2D eigenvalue weighted by atomic mass is 19.1. The zero-order chi connectivity index (χ0) is 24.8. The molecular formula is C26H32FN3O5. The van der Waals surface area contributed by atoms with E-state index in [2.05, 4.69) is 10.6 Å². The van der Waals surface area contributed by atoms with Crippen molar-refractivity contribution in [1.29, 1.82) is 0 Å². The average molecular weight is 486 g/mol. The van der Waals surface area contributed by atoms with Crippen molar-refractivity contribution in [2.45, 2.75) is 56.6 Å². The van der Waals surface area contributed by atoms with Gasteiger partial charge in [0, 0.05) is 5.69 Å². The maximum Gasteiger partial charge on any atom is 0.322 e. The molecular weight excluding hydrogens is 453 g/mol. The van der Waals surface area contributed by atoms with Gasteiger partial charge in [-0.2, -0.15) is 0 Å². The van der Waals surface area contributed by atoms with Gasteiger partial charge in [-0.15, -0.1) is 0 Å². The number of nitrogens with zero attached hydrogens (tertiary/aromatic N) is 1. The fraction of sp³-hybridized carbons (Fsp3) is 0.462. The van der Waals surface area contributed by atoms with Gasteiger partial charge in [-0.3, -0.25) is 4.79 Å². The minimum absolute atomic E-state index is 0.0609. The topological polar surface area (TPSA) is 100 Å². The Hall–Kier alpha value is -3.01. The summed E-state index contributed by atoms with van der Waals surface area (Å²) in [4.78, 5) is 27.3. The number of carbonyl (C=O) groups excluding carboxylic acids is 2. The van der Waals surface area contributed by atoms with Crippen LogP contribution >= 0.6 is 0 Å². The summed E-state index contributed by atoms with van der Waals surface area (Å²) in [5.74, 6) is -0.557. The summed E-state index contributed by atoms with van der Waals surface area (Å²) in [5.41, 5.74) is 1.36. The number of aliphatic hydroxyl groups is 1.